The van der Waals surface area contributed by atoms with Gasteiger partial charge in [0.05, 0.1) is 6.61 Å². The standard InChI is InChI=1S/C13H28O6Si/c1-13(2,3)20(5,6)18-7-8-9(14)10(15)11(16)12(17-4)19-8/h8-12,14-16H,7H2,1-6H3/t8-,9+,10+,11-,12+/m1/s1. The van der Waals surface area contributed by atoms with Gasteiger partial charge in [-0.1, -0.05) is 20.8 Å². The fraction of sp³-hybridized carbons (Fsp3) is 1.00. The first-order chi connectivity index (χ1) is 9.01. The molecule has 1 fully saturated rings. The number of aliphatic hydroxyl groups is 3. The van der Waals surface area contributed by atoms with Crippen LogP contribution in [0.2, 0.25) is 18.1 Å². The molecule has 7 heteroatoms. The highest BCUT2D eigenvalue weighted by atomic mass is 28.4. The second-order valence-electron chi connectivity index (χ2n) is 6.82. The van der Waals surface area contributed by atoms with Gasteiger partial charge in [-0.05, 0) is 18.1 Å². The van der Waals surface area contributed by atoms with Crippen LogP contribution in [0.1, 0.15) is 20.8 Å². The first kappa shape index (κ1) is 18.0. The molecule has 1 heterocycles. The Morgan fingerprint density at radius 1 is 1.05 bits per heavy atom. The van der Waals surface area contributed by atoms with Gasteiger partial charge in [-0.3, -0.25) is 0 Å². The van der Waals surface area contributed by atoms with Crippen molar-refractivity contribution >= 4 is 8.32 Å². The minimum atomic E-state index is -1.97. The fourth-order valence-electron chi connectivity index (χ4n) is 1.76. The summed E-state index contributed by atoms with van der Waals surface area (Å²) in [6.07, 6.45) is -5.43. The van der Waals surface area contributed by atoms with Crippen LogP contribution in [0, 0.1) is 0 Å². The third-order valence-corrected chi connectivity index (χ3v) is 8.82. The lowest BCUT2D eigenvalue weighted by molar-refractivity contribution is -0.293. The number of hydrogen-bond acceptors (Lipinski definition) is 6. The third kappa shape index (κ3) is 3.79. The normalized spacial score (nSPS) is 36.1. The summed E-state index contributed by atoms with van der Waals surface area (Å²) >= 11 is 0. The second-order valence-corrected chi connectivity index (χ2v) is 11.6. The number of methoxy groups -OCH3 is 1. The summed E-state index contributed by atoms with van der Waals surface area (Å²) in [5, 5.41) is 29.5. The Morgan fingerprint density at radius 2 is 1.60 bits per heavy atom. The van der Waals surface area contributed by atoms with Crippen molar-refractivity contribution in [2.45, 2.75) is 69.6 Å². The number of aliphatic hydroxyl groups excluding tert-OH is 3. The molecule has 0 aliphatic carbocycles. The molecule has 1 saturated heterocycles. The van der Waals surface area contributed by atoms with Crippen LogP contribution in [0.25, 0.3) is 0 Å². The zero-order valence-electron chi connectivity index (χ0n) is 13.2. The highest BCUT2D eigenvalue weighted by Gasteiger charge is 2.45. The van der Waals surface area contributed by atoms with Crippen molar-refractivity contribution < 1.29 is 29.2 Å². The van der Waals surface area contributed by atoms with Gasteiger partial charge >= 0.3 is 0 Å². The molecule has 1 rings (SSSR count). The average molecular weight is 308 g/mol. The van der Waals surface area contributed by atoms with Crippen LogP contribution in [0.4, 0.5) is 0 Å². The molecule has 0 aromatic carbocycles. The maximum atomic E-state index is 9.97. The van der Waals surface area contributed by atoms with Crippen molar-refractivity contribution in [2.24, 2.45) is 0 Å². The van der Waals surface area contributed by atoms with Gasteiger partial charge in [-0.15, -0.1) is 0 Å². The summed E-state index contributed by atoms with van der Waals surface area (Å²) in [4.78, 5) is 0. The minimum Gasteiger partial charge on any atom is -0.414 e. The lowest BCUT2D eigenvalue weighted by Gasteiger charge is -2.42. The van der Waals surface area contributed by atoms with Gasteiger partial charge in [-0.2, -0.15) is 0 Å². The van der Waals surface area contributed by atoms with Gasteiger partial charge in [-0.25, -0.2) is 0 Å². The number of hydrogen-bond donors (Lipinski definition) is 3. The largest absolute Gasteiger partial charge is 0.414 e. The van der Waals surface area contributed by atoms with Crippen LogP contribution in [0.15, 0.2) is 0 Å². The van der Waals surface area contributed by atoms with E-state index in [1.165, 1.54) is 7.11 Å². The first-order valence-corrected chi connectivity index (χ1v) is 9.78. The Labute approximate surface area is 121 Å². The van der Waals surface area contributed by atoms with E-state index in [-0.39, 0.29) is 11.6 Å². The molecule has 3 N–H and O–H groups in total. The minimum absolute atomic E-state index is 0.0470. The van der Waals surface area contributed by atoms with E-state index in [1.54, 1.807) is 0 Å². The fourth-order valence-corrected chi connectivity index (χ4v) is 2.77. The molecule has 120 valence electrons. The zero-order chi connectivity index (χ0) is 15.7. The van der Waals surface area contributed by atoms with Gasteiger partial charge in [0.2, 0.25) is 0 Å². The SMILES string of the molecule is CO[C@H]1O[C@H](CO[Si](C)(C)C(C)(C)C)[C@H](O)[C@H](O)[C@H]1O. The van der Waals surface area contributed by atoms with Crippen molar-refractivity contribution in [3.8, 4) is 0 Å². The predicted octanol–water partition coefficient (Wildman–Crippen LogP) is 0.462. The maximum absolute atomic E-state index is 9.97. The van der Waals surface area contributed by atoms with Crippen LogP contribution in [-0.2, 0) is 13.9 Å². The van der Waals surface area contributed by atoms with E-state index < -0.39 is 39.0 Å². The van der Waals surface area contributed by atoms with Crippen LogP contribution < -0.4 is 0 Å². The van der Waals surface area contributed by atoms with Crippen LogP contribution in [0.3, 0.4) is 0 Å². The quantitative estimate of drug-likeness (QED) is 0.654. The second kappa shape index (κ2) is 6.39. The van der Waals surface area contributed by atoms with Gasteiger partial charge in [0.25, 0.3) is 0 Å². The zero-order valence-corrected chi connectivity index (χ0v) is 14.2. The van der Waals surface area contributed by atoms with E-state index in [0.29, 0.717) is 0 Å². The monoisotopic (exact) mass is 308 g/mol. The molecular formula is C13H28O6Si. The molecule has 1 aliphatic rings. The molecule has 0 spiro atoms. The van der Waals surface area contributed by atoms with E-state index in [9.17, 15) is 15.3 Å². The van der Waals surface area contributed by atoms with E-state index in [4.69, 9.17) is 13.9 Å². The summed E-state index contributed by atoms with van der Waals surface area (Å²) in [5.41, 5.74) is 0. The van der Waals surface area contributed by atoms with Crippen molar-refractivity contribution in [2.75, 3.05) is 13.7 Å². The van der Waals surface area contributed by atoms with Gasteiger partial charge in [0, 0.05) is 7.11 Å². The molecule has 0 amide bonds. The molecular weight excluding hydrogens is 280 g/mol. The molecule has 0 aromatic rings. The summed E-state index contributed by atoms with van der Waals surface area (Å²) in [5.74, 6) is 0. The van der Waals surface area contributed by atoms with Crippen LogP contribution in [-0.4, -0.2) is 68.1 Å². The molecule has 0 radical (unpaired) electrons. The lowest BCUT2D eigenvalue weighted by atomic mass is 9.99. The molecule has 1 aliphatic heterocycles. The summed E-state index contributed by atoms with van der Waals surface area (Å²) in [6.45, 7) is 10.7. The molecule has 6 nitrogen and oxygen atoms in total. The number of ether oxygens (including phenoxy) is 2. The van der Waals surface area contributed by atoms with Crippen molar-refractivity contribution in [3.05, 3.63) is 0 Å². The molecule has 0 aromatic heterocycles. The average Bonchev–Trinajstić information content (AvgIpc) is 2.34. The molecule has 20 heavy (non-hydrogen) atoms. The van der Waals surface area contributed by atoms with Crippen LogP contribution in [0.5, 0.6) is 0 Å². The highest BCUT2D eigenvalue weighted by molar-refractivity contribution is 6.74. The summed E-state index contributed by atoms with van der Waals surface area (Å²) in [7, 11) is -0.587. The van der Waals surface area contributed by atoms with E-state index >= 15 is 0 Å². The third-order valence-electron chi connectivity index (χ3n) is 4.32. The van der Waals surface area contributed by atoms with Gasteiger partial charge in [0.1, 0.15) is 24.4 Å². The number of rotatable bonds is 4. The van der Waals surface area contributed by atoms with Crippen molar-refractivity contribution in [1.82, 2.24) is 0 Å². The molecule has 0 bridgehead atoms. The Balaban J connectivity index is 2.68. The summed E-state index contributed by atoms with van der Waals surface area (Å²) in [6, 6.07) is 0. The topological polar surface area (TPSA) is 88.4 Å². The maximum Gasteiger partial charge on any atom is 0.192 e. The van der Waals surface area contributed by atoms with E-state index in [1.807, 2.05) is 0 Å². The van der Waals surface area contributed by atoms with Crippen LogP contribution >= 0.6 is 0 Å². The Bertz CT molecular complexity index is 314. The Morgan fingerprint density at radius 3 is 2.05 bits per heavy atom. The molecule has 0 unspecified atom stereocenters. The smallest absolute Gasteiger partial charge is 0.192 e. The summed E-state index contributed by atoms with van der Waals surface area (Å²) < 4.78 is 16.4. The molecule has 5 atom stereocenters. The lowest BCUT2D eigenvalue weighted by Crippen LogP contribution is -2.60. The highest BCUT2D eigenvalue weighted by Crippen LogP contribution is 2.37. The first-order valence-electron chi connectivity index (χ1n) is 6.87. The predicted molar refractivity (Wildman–Crippen MR) is 76.8 cm³/mol. The molecule has 0 saturated carbocycles. The van der Waals surface area contributed by atoms with Gasteiger partial charge in [0.15, 0.2) is 14.6 Å². The van der Waals surface area contributed by atoms with Crippen molar-refractivity contribution in [3.63, 3.8) is 0 Å². The van der Waals surface area contributed by atoms with Crippen molar-refractivity contribution in [1.29, 1.82) is 0 Å². The van der Waals surface area contributed by atoms with Gasteiger partial charge < -0.3 is 29.2 Å². The van der Waals surface area contributed by atoms with E-state index in [2.05, 4.69) is 33.9 Å². The van der Waals surface area contributed by atoms with E-state index in [0.717, 1.165) is 0 Å². The Hall–Kier alpha value is -0.0231. The Kier molecular flexibility index (Phi) is 5.76.